The summed E-state index contributed by atoms with van der Waals surface area (Å²) >= 11 is 0. The number of aryl methyl sites for hydroxylation is 1. The van der Waals surface area contributed by atoms with Crippen molar-refractivity contribution in [1.82, 2.24) is 15.0 Å². The zero-order chi connectivity index (χ0) is 24.3. The summed E-state index contributed by atoms with van der Waals surface area (Å²) in [5.41, 5.74) is 3.60. The number of aromatic amines is 1. The second-order valence-corrected chi connectivity index (χ2v) is 10.1. The first-order valence-electron chi connectivity index (χ1n) is 10.7. The zero-order valence-electron chi connectivity index (χ0n) is 19.0. The van der Waals surface area contributed by atoms with Gasteiger partial charge in [-0.1, -0.05) is 19.9 Å². The van der Waals surface area contributed by atoms with E-state index in [1.165, 1.54) is 0 Å². The smallest absolute Gasteiger partial charge is 0.299 e. The van der Waals surface area contributed by atoms with Gasteiger partial charge in [-0.3, -0.25) is 14.5 Å². The van der Waals surface area contributed by atoms with E-state index in [0.717, 1.165) is 5.56 Å². The predicted octanol–water partition coefficient (Wildman–Crippen LogP) is 4.54. The van der Waals surface area contributed by atoms with E-state index >= 15 is 0 Å². The highest BCUT2D eigenvalue weighted by Gasteiger charge is 2.15. The largest absolute Gasteiger partial charge is 0.423 e. The van der Waals surface area contributed by atoms with E-state index in [0.29, 0.717) is 33.8 Å². The zero-order valence-corrected chi connectivity index (χ0v) is 19.8. The van der Waals surface area contributed by atoms with Gasteiger partial charge in [0.2, 0.25) is 10.0 Å². The van der Waals surface area contributed by atoms with Gasteiger partial charge in [-0.05, 0) is 48.7 Å². The molecule has 4 rings (SSSR count). The molecule has 4 aromatic rings. The van der Waals surface area contributed by atoms with Gasteiger partial charge in [0.25, 0.3) is 11.6 Å². The van der Waals surface area contributed by atoms with Crippen LogP contribution >= 0.6 is 0 Å². The normalized spacial score (nSPS) is 11.5. The van der Waals surface area contributed by atoms with Gasteiger partial charge in [0.15, 0.2) is 5.76 Å². The molecule has 0 aliphatic rings. The maximum absolute atomic E-state index is 12.3. The molecule has 0 aliphatic heterocycles. The summed E-state index contributed by atoms with van der Waals surface area (Å²) in [7, 11) is -3.45. The van der Waals surface area contributed by atoms with Gasteiger partial charge in [0, 0.05) is 41.0 Å². The lowest BCUT2D eigenvalue weighted by molar-refractivity contribution is 0.587. The lowest BCUT2D eigenvalue weighted by Crippen LogP contribution is -2.20. The minimum atomic E-state index is -3.45. The minimum absolute atomic E-state index is 0.0135. The van der Waals surface area contributed by atoms with Gasteiger partial charge in [0.1, 0.15) is 0 Å². The Morgan fingerprint density at radius 1 is 1.09 bits per heavy atom. The lowest BCUT2D eigenvalue weighted by Gasteiger charge is -2.12. The van der Waals surface area contributed by atoms with Crippen molar-refractivity contribution in [1.29, 1.82) is 0 Å². The molecular formula is C24H25N5O4S. The number of sulfonamides is 1. The minimum Gasteiger partial charge on any atom is -0.423 e. The van der Waals surface area contributed by atoms with E-state index in [1.54, 1.807) is 55.1 Å². The summed E-state index contributed by atoms with van der Waals surface area (Å²) in [6, 6.07) is 10.7. The van der Waals surface area contributed by atoms with E-state index in [1.807, 2.05) is 26.8 Å². The standard InChI is InChI=1S/C24H25N5O4S/c1-15(2)14-34(31,32)29-19-7-6-16(3)21(10-19)28-24-27-13-22(33-24)18-9-17(11-25-12-18)20-5-4-8-26-23(20)30/h4-13,15,29H,14H2,1-3H3,(H,26,30)(H,27,28). The summed E-state index contributed by atoms with van der Waals surface area (Å²) < 4.78 is 33.0. The van der Waals surface area contributed by atoms with Crippen LogP contribution in [0, 0.1) is 12.8 Å². The molecule has 0 amide bonds. The fourth-order valence-corrected chi connectivity index (χ4v) is 4.88. The van der Waals surface area contributed by atoms with Gasteiger partial charge in [-0.25, -0.2) is 13.4 Å². The molecule has 0 saturated carbocycles. The van der Waals surface area contributed by atoms with Crippen molar-refractivity contribution in [2.24, 2.45) is 5.92 Å². The van der Waals surface area contributed by atoms with Crippen molar-refractivity contribution < 1.29 is 12.8 Å². The van der Waals surface area contributed by atoms with Crippen molar-refractivity contribution in [2.45, 2.75) is 20.8 Å². The van der Waals surface area contributed by atoms with Crippen LogP contribution in [0.2, 0.25) is 0 Å². The molecule has 0 unspecified atom stereocenters. The van der Waals surface area contributed by atoms with Crippen molar-refractivity contribution >= 4 is 27.4 Å². The second-order valence-electron chi connectivity index (χ2n) is 8.34. The topological polar surface area (TPSA) is 130 Å². The molecule has 9 nitrogen and oxygen atoms in total. The van der Waals surface area contributed by atoms with Gasteiger partial charge in [0.05, 0.1) is 17.6 Å². The Kier molecular flexibility index (Phi) is 6.51. The van der Waals surface area contributed by atoms with Crippen LogP contribution in [-0.4, -0.2) is 29.1 Å². The number of hydrogen-bond acceptors (Lipinski definition) is 7. The Morgan fingerprint density at radius 3 is 2.65 bits per heavy atom. The Balaban J connectivity index is 1.56. The first-order chi connectivity index (χ1) is 16.2. The van der Waals surface area contributed by atoms with E-state index in [9.17, 15) is 13.2 Å². The lowest BCUT2D eigenvalue weighted by atomic mass is 10.1. The van der Waals surface area contributed by atoms with Gasteiger partial charge >= 0.3 is 0 Å². The maximum Gasteiger partial charge on any atom is 0.299 e. The highest BCUT2D eigenvalue weighted by Crippen LogP contribution is 2.29. The van der Waals surface area contributed by atoms with Crippen LogP contribution in [0.5, 0.6) is 0 Å². The third-order valence-corrected chi connectivity index (χ3v) is 6.62. The Labute approximate surface area is 197 Å². The molecule has 0 radical (unpaired) electrons. The van der Waals surface area contributed by atoms with Crippen LogP contribution in [0.1, 0.15) is 19.4 Å². The third kappa shape index (κ3) is 5.52. The number of pyridine rings is 2. The fraction of sp³-hybridized carbons (Fsp3) is 0.208. The molecule has 3 N–H and O–H groups in total. The van der Waals surface area contributed by atoms with E-state index in [-0.39, 0.29) is 23.2 Å². The average Bonchev–Trinajstić information content (AvgIpc) is 3.24. The molecule has 0 atom stereocenters. The number of aromatic nitrogens is 3. The summed E-state index contributed by atoms with van der Waals surface area (Å²) in [4.78, 5) is 23.3. The van der Waals surface area contributed by atoms with Crippen LogP contribution in [0.25, 0.3) is 22.5 Å². The monoisotopic (exact) mass is 479 g/mol. The number of H-pyrrole nitrogens is 1. The van der Waals surface area contributed by atoms with Crippen molar-refractivity contribution in [3.63, 3.8) is 0 Å². The number of rotatable bonds is 8. The number of anilines is 3. The maximum atomic E-state index is 12.3. The summed E-state index contributed by atoms with van der Waals surface area (Å²) in [6.07, 6.45) is 6.37. The predicted molar refractivity (Wildman–Crippen MR) is 132 cm³/mol. The molecule has 10 heteroatoms. The van der Waals surface area contributed by atoms with Gasteiger partial charge in [-0.15, -0.1) is 0 Å². The highest BCUT2D eigenvalue weighted by atomic mass is 32.2. The number of nitrogens with one attached hydrogen (secondary N) is 3. The summed E-state index contributed by atoms with van der Waals surface area (Å²) in [6.45, 7) is 5.60. The van der Waals surface area contributed by atoms with E-state index in [2.05, 4.69) is 25.0 Å². The van der Waals surface area contributed by atoms with Crippen molar-refractivity contribution in [2.75, 3.05) is 15.8 Å². The van der Waals surface area contributed by atoms with Gasteiger partial charge < -0.3 is 14.7 Å². The molecule has 3 heterocycles. The molecule has 0 bridgehead atoms. The Hall–Kier alpha value is -3.92. The number of benzene rings is 1. The van der Waals surface area contributed by atoms with E-state index < -0.39 is 10.0 Å². The summed E-state index contributed by atoms with van der Waals surface area (Å²) in [5, 5.41) is 3.10. The first-order valence-corrected chi connectivity index (χ1v) is 12.3. The van der Waals surface area contributed by atoms with Gasteiger partial charge in [-0.2, -0.15) is 0 Å². The molecule has 3 aromatic heterocycles. The number of hydrogen-bond donors (Lipinski definition) is 3. The number of nitrogens with zero attached hydrogens (tertiary/aromatic N) is 2. The Morgan fingerprint density at radius 2 is 1.88 bits per heavy atom. The van der Waals surface area contributed by atoms with Crippen molar-refractivity contribution in [3.8, 4) is 22.5 Å². The first kappa shape index (κ1) is 23.2. The molecule has 0 spiro atoms. The quantitative estimate of drug-likeness (QED) is 0.338. The Bertz CT molecular complexity index is 1470. The second kappa shape index (κ2) is 9.52. The van der Waals surface area contributed by atoms with Crippen LogP contribution in [-0.2, 0) is 10.0 Å². The molecule has 0 aliphatic carbocycles. The van der Waals surface area contributed by atoms with Crippen LogP contribution in [0.4, 0.5) is 17.4 Å². The van der Waals surface area contributed by atoms with Crippen molar-refractivity contribution in [3.05, 3.63) is 77.1 Å². The average molecular weight is 480 g/mol. The SMILES string of the molecule is Cc1ccc(NS(=O)(=O)CC(C)C)cc1Nc1ncc(-c2cncc(-c3ccc[nH]c3=O)c2)o1. The van der Waals surface area contributed by atoms with Crippen LogP contribution < -0.4 is 15.6 Å². The molecule has 0 fully saturated rings. The molecule has 176 valence electrons. The molecular weight excluding hydrogens is 454 g/mol. The molecule has 0 saturated heterocycles. The van der Waals surface area contributed by atoms with Crippen LogP contribution in [0.3, 0.4) is 0 Å². The molecule has 1 aromatic carbocycles. The third-order valence-electron chi connectivity index (χ3n) is 4.96. The van der Waals surface area contributed by atoms with Crippen LogP contribution in [0.15, 0.2) is 70.4 Å². The molecule has 34 heavy (non-hydrogen) atoms. The fourth-order valence-electron chi connectivity index (χ4n) is 3.43. The van der Waals surface area contributed by atoms with E-state index in [4.69, 9.17) is 4.42 Å². The number of oxazole rings is 1. The summed E-state index contributed by atoms with van der Waals surface area (Å²) in [5.74, 6) is 0.518. The highest BCUT2D eigenvalue weighted by molar-refractivity contribution is 7.92.